The van der Waals surface area contributed by atoms with Gasteiger partial charge in [-0.2, -0.15) is 5.10 Å². The molecular weight excluding hydrogens is 400 g/mol. The third kappa shape index (κ3) is 5.04. The second kappa shape index (κ2) is 9.24. The normalized spacial score (nSPS) is 10.6. The molecule has 2 heterocycles. The lowest BCUT2D eigenvalue weighted by molar-refractivity contribution is 0.102. The molecule has 0 atom stereocenters. The van der Waals surface area contributed by atoms with Gasteiger partial charge in [-0.1, -0.05) is 54.1 Å². The lowest BCUT2D eigenvalue weighted by atomic mass is 10.2. The average molecular weight is 419 g/mol. The number of benzene rings is 2. The van der Waals surface area contributed by atoms with Crippen molar-refractivity contribution in [2.45, 2.75) is 13.2 Å². The molecule has 7 heteroatoms. The lowest BCUT2D eigenvalue weighted by Gasteiger charge is -2.08. The molecule has 0 saturated carbocycles. The van der Waals surface area contributed by atoms with Gasteiger partial charge in [0.2, 0.25) is 0 Å². The zero-order chi connectivity index (χ0) is 20.8. The van der Waals surface area contributed by atoms with Gasteiger partial charge in [0.15, 0.2) is 0 Å². The number of para-hydroxylation sites is 1. The summed E-state index contributed by atoms with van der Waals surface area (Å²) in [7, 11) is 0. The van der Waals surface area contributed by atoms with Crippen LogP contribution in [0.15, 0.2) is 85.3 Å². The van der Waals surface area contributed by atoms with E-state index in [1.165, 1.54) is 0 Å². The Hall–Kier alpha value is -3.64. The minimum Gasteiger partial charge on any atom is -0.487 e. The van der Waals surface area contributed by atoms with E-state index in [1.54, 1.807) is 47.5 Å². The first kappa shape index (κ1) is 19.7. The third-order valence-corrected chi connectivity index (χ3v) is 4.68. The van der Waals surface area contributed by atoms with Gasteiger partial charge in [-0.15, -0.1) is 0 Å². The van der Waals surface area contributed by atoms with Gasteiger partial charge >= 0.3 is 0 Å². The molecule has 0 aliphatic carbocycles. The number of aromatic nitrogens is 3. The van der Waals surface area contributed by atoms with Crippen LogP contribution >= 0.6 is 11.6 Å². The van der Waals surface area contributed by atoms with Crippen molar-refractivity contribution < 1.29 is 9.53 Å². The van der Waals surface area contributed by atoms with Crippen LogP contribution in [0.3, 0.4) is 0 Å². The van der Waals surface area contributed by atoms with Crippen molar-refractivity contribution in [3.8, 4) is 5.75 Å². The van der Waals surface area contributed by atoms with Crippen LogP contribution in [0.25, 0.3) is 0 Å². The molecule has 0 saturated heterocycles. The number of amides is 1. The number of anilines is 1. The van der Waals surface area contributed by atoms with Gasteiger partial charge in [-0.25, -0.2) is 0 Å². The Morgan fingerprint density at radius 1 is 1.03 bits per heavy atom. The van der Waals surface area contributed by atoms with Crippen LogP contribution in [-0.4, -0.2) is 20.7 Å². The fourth-order valence-electron chi connectivity index (χ4n) is 2.89. The summed E-state index contributed by atoms with van der Waals surface area (Å²) in [6.07, 6.45) is 4.99. The van der Waals surface area contributed by atoms with Gasteiger partial charge in [-0.05, 0) is 35.4 Å². The molecule has 1 N–H and O–H groups in total. The molecule has 0 aliphatic heterocycles. The van der Waals surface area contributed by atoms with E-state index in [0.29, 0.717) is 28.7 Å². The second-order valence-corrected chi connectivity index (χ2v) is 7.04. The van der Waals surface area contributed by atoms with Crippen molar-refractivity contribution in [3.05, 3.63) is 107 Å². The van der Waals surface area contributed by atoms with E-state index in [2.05, 4.69) is 15.4 Å². The summed E-state index contributed by atoms with van der Waals surface area (Å²) in [5, 5.41) is 7.66. The van der Waals surface area contributed by atoms with Crippen LogP contribution in [0.4, 0.5) is 5.69 Å². The molecule has 30 heavy (non-hydrogen) atoms. The van der Waals surface area contributed by atoms with Crippen molar-refractivity contribution in [3.63, 3.8) is 0 Å². The summed E-state index contributed by atoms with van der Waals surface area (Å²) in [6.45, 7) is 0.908. The van der Waals surface area contributed by atoms with Crippen molar-refractivity contribution in [2.75, 3.05) is 5.32 Å². The zero-order valence-corrected chi connectivity index (χ0v) is 16.8. The Labute approximate surface area is 179 Å². The fraction of sp³-hybridized carbons (Fsp3) is 0.0870. The molecule has 2 aromatic carbocycles. The van der Waals surface area contributed by atoms with Crippen LogP contribution in [0.1, 0.15) is 21.6 Å². The minimum atomic E-state index is -0.311. The van der Waals surface area contributed by atoms with Crippen LogP contribution in [0.5, 0.6) is 5.75 Å². The Kier molecular flexibility index (Phi) is 6.06. The first-order valence-electron chi connectivity index (χ1n) is 9.37. The first-order chi connectivity index (χ1) is 14.7. The Morgan fingerprint density at radius 3 is 2.67 bits per heavy atom. The van der Waals surface area contributed by atoms with E-state index in [0.717, 1.165) is 11.1 Å². The van der Waals surface area contributed by atoms with Gasteiger partial charge in [0.05, 0.1) is 23.5 Å². The highest BCUT2D eigenvalue weighted by atomic mass is 35.5. The van der Waals surface area contributed by atoms with Crippen LogP contribution in [0.2, 0.25) is 5.02 Å². The molecule has 0 fully saturated rings. The molecule has 0 radical (unpaired) electrons. The zero-order valence-electron chi connectivity index (χ0n) is 16.0. The summed E-state index contributed by atoms with van der Waals surface area (Å²) in [6, 6.07) is 20.7. The number of hydrogen-bond acceptors (Lipinski definition) is 4. The topological polar surface area (TPSA) is 69.0 Å². The Balaban J connectivity index is 1.38. The van der Waals surface area contributed by atoms with Gasteiger partial charge < -0.3 is 10.1 Å². The standard InChI is InChI=1S/C23H19ClN4O2/c24-20-8-4-5-9-22(20)30-16-18-10-11-25-21(12-18)23(29)27-19-13-26-28(15-19)14-17-6-2-1-3-7-17/h1-13,15H,14,16H2,(H,27,29). The molecule has 6 nitrogen and oxygen atoms in total. The monoisotopic (exact) mass is 418 g/mol. The van der Waals surface area contributed by atoms with Crippen molar-refractivity contribution in [2.24, 2.45) is 0 Å². The molecule has 0 bridgehead atoms. The molecule has 0 unspecified atom stereocenters. The smallest absolute Gasteiger partial charge is 0.274 e. The SMILES string of the molecule is O=C(Nc1cnn(Cc2ccccc2)c1)c1cc(COc2ccccc2Cl)ccn1. The highest BCUT2D eigenvalue weighted by molar-refractivity contribution is 6.32. The summed E-state index contributed by atoms with van der Waals surface area (Å²) in [5.74, 6) is 0.279. The van der Waals surface area contributed by atoms with Gasteiger partial charge in [0.25, 0.3) is 5.91 Å². The quantitative estimate of drug-likeness (QED) is 0.467. The first-order valence-corrected chi connectivity index (χ1v) is 9.75. The third-order valence-electron chi connectivity index (χ3n) is 4.37. The van der Waals surface area contributed by atoms with Gasteiger partial charge in [0, 0.05) is 12.4 Å². The number of carbonyl (C=O) groups excluding carboxylic acids is 1. The minimum absolute atomic E-state index is 0.279. The van der Waals surface area contributed by atoms with Crippen LogP contribution in [-0.2, 0) is 13.2 Å². The van der Waals surface area contributed by atoms with Gasteiger partial charge in [-0.3, -0.25) is 14.5 Å². The summed E-state index contributed by atoms with van der Waals surface area (Å²) >= 11 is 6.11. The van der Waals surface area contributed by atoms with E-state index < -0.39 is 0 Å². The number of hydrogen-bond donors (Lipinski definition) is 1. The second-order valence-electron chi connectivity index (χ2n) is 6.63. The fourth-order valence-corrected chi connectivity index (χ4v) is 3.08. The molecule has 4 rings (SSSR count). The summed E-state index contributed by atoms with van der Waals surface area (Å²) in [4.78, 5) is 16.8. The maximum absolute atomic E-state index is 12.6. The number of pyridine rings is 1. The highest BCUT2D eigenvalue weighted by Gasteiger charge is 2.11. The predicted octanol–water partition coefficient (Wildman–Crippen LogP) is 4.81. The number of carbonyl (C=O) groups is 1. The number of nitrogens with zero attached hydrogens (tertiary/aromatic N) is 3. The number of rotatable bonds is 7. The van der Waals surface area contributed by atoms with E-state index >= 15 is 0 Å². The van der Waals surface area contributed by atoms with Crippen molar-refractivity contribution >= 4 is 23.2 Å². The Morgan fingerprint density at radius 2 is 1.83 bits per heavy atom. The van der Waals surface area contributed by atoms with E-state index in [1.807, 2.05) is 42.5 Å². The molecule has 0 aliphatic rings. The highest BCUT2D eigenvalue weighted by Crippen LogP contribution is 2.24. The van der Waals surface area contributed by atoms with Crippen LogP contribution < -0.4 is 10.1 Å². The van der Waals surface area contributed by atoms with Crippen molar-refractivity contribution in [1.82, 2.24) is 14.8 Å². The molecule has 4 aromatic rings. The van der Waals surface area contributed by atoms with Crippen LogP contribution in [0, 0.1) is 0 Å². The maximum Gasteiger partial charge on any atom is 0.274 e. The lowest BCUT2D eigenvalue weighted by Crippen LogP contribution is -2.14. The molecule has 1 amide bonds. The molecule has 0 spiro atoms. The van der Waals surface area contributed by atoms with E-state index in [9.17, 15) is 4.79 Å². The van der Waals surface area contributed by atoms with E-state index in [4.69, 9.17) is 16.3 Å². The Bertz CT molecular complexity index is 1140. The molecule has 150 valence electrons. The molecule has 2 aromatic heterocycles. The summed E-state index contributed by atoms with van der Waals surface area (Å²) < 4.78 is 7.50. The van der Waals surface area contributed by atoms with E-state index in [-0.39, 0.29) is 12.5 Å². The number of ether oxygens (including phenoxy) is 1. The molecular formula is C23H19ClN4O2. The largest absolute Gasteiger partial charge is 0.487 e. The maximum atomic E-state index is 12.6. The number of nitrogens with one attached hydrogen (secondary N) is 1. The average Bonchev–Trinajstić information content (AvgIpc) is 3.20. The number of halogens is 1. The predicted molar refractivity (Wildman–Crippen MR) is 116 cm³/mol. The van der Waals surface area contributed by atoms with Crippen molar-refractivity contribution in [1.29, 1.82) is 0 Å². The van der Waals surface area contributed by atoms with Gasteiger partial charge in [0.1, 0.15) is 18.1 Å². The summed E-state index contributed by atoms with van der Waals surface area (Å²) in [5.41, 5.74) is 2.85.